The predicted molar refractivity (Wildman–Crippen MR) is 95.6 cm³/mol. The van der Waals surface area contributed by atoms with Crippen LogP contribution in [0.1, 0.15) is 23.0 Å². The first-order valence-electron chi connectivity index (χ1n) is 8.21. The molecule has 1 saturated heterocycles. The summed E-state index contributed by atoms with van der Waals surface area (Å²) in [6.45, 7) is 4.10. The van der Waals surface area contributed by atoms with Crippen LogP contribution in [0.3, 0.4) is 0 Å². The monoisotopic (exact) mass is 350 g/mol. The fourth-order valence-electron chi connectivity index (χ4n) is 2.77. The second-order valence-corrected chi connectivity index (χ2v) is 5.87. The molecule has 1 N–H and O–H groups in total. The molecule has 2 heterocycles. The summed E-state index contributed by atoms with van der Waals surface area (Å²) < 4.78 is 0. The van der Waals surface area contributed by atoms with Gasteiger partial charge in [0.05, 0.1) is 11.3 Å². The summed E-state index contributed by atoms with van der Waals surface area (Å²) in [6.07, 6.45) is 1.35. The van der Waals surface area contributed by atoms with Gasteiger partial charge in [-0.1, -0.05) is 12.1 Å². The fraction of sp³-hybridized carbons (Fsp3) is 0.278. The molecular weight excluding hydrogens is 332 g/mol. The first-order chi connectivity index (χ1) is 12.6. The number of aromatic nitrogens is 2. The third-order valence-electron chi connectivity index (χ3n) is 4.23. The van der Waals surface area contributed by atoms with Crippen LogP contribution in [0.2, 0.25) is 0 Å². The molecule has 2 amide bonds. The van der Waals surface area contributed by atoms with E-state index in [-0.39, 0.29) is 11.6 Å². The highest BCUT2D eigenvalue weighted by molar-refractivity contribution is 6.03. The quantitative estimate of drug-likeness (QED) is 0.894. The van der Waals surface area contributed by atoms with E-state index in [0.717, 1.165) is 0 Å². The number of nitrogens with zero attached hydrogens (tertiary/aromatic N) is 5. The van der Waals surface area contributed by atoms with Crippen molar-refractivity contribution in [2.75, 3.05) is 36.4 Å². The maximum absolute atomic E-state index is 12.5. The molecule has 0 spiro atoms. The Hall–Kier alpha value is -3.47. The maximum atomic E-state index is 12.5. The molecule has 1 aromatic heterocycles. The van der Waals surface area contributed by atoms with Crippen molar-refractivity contribution in [1.82, 2.24) is 14.9 Å². The average Bonchev–Trinajstić information content (AvgIpc) is 2.68. The number of carbonyl (C=O) groups excluding carboxylic acids is 2. The highest BCUT2D eigenvalue weighted by Gasteiger charge is 2.20. The highest BCUT2D eigenvalue weighted by Crippen LogP contribution is 2.17. The first kappa shape index (κ1) is 17.4. The second-order valence-electron chi connectivity index (χ2n) is 5.87. The number of anilines is 2. The molecule has 132 valence electrons. The van der Waals surface area contributed by atoms with E-state index in [4.69, 9.17) is 5.26 Å². The molecule has 0 aliphatic carbocycles. The Kier molecular flexibility index (Phi) is 5.08. The lowest BCUT2D eigenvalue weighted by Crippen LogP contribution is -2.48. The van der Waals surface area contributed by atoms with Gasteiger partial charge in [-0.05, 0) is 12.1 Å². The minimum atomic E-state index is -0.404. The summed E-state index contributed by atoms with van der Waals surface area (Å²) >= 11 is 0. The van der Waals surface area contributed by atoms with Crippen LogP contribution < -0.4 is 10.2 Å². The van der Waals surface area contributed by atoms with Crippen LogP contribution in [0.15, 0.2) is 36.7 Å². The number of nitrogens with one attached hydrogen (secondary N) is 1. The summed E-state index contributed by atoms with van der Waals surface area (Å²) in [5, 5.41) is 11.8. The summed E-state index contributed by atoms with van der Waals surface area (Å²) in [5.41, 5.74) is 1.04. The van der Waals surface area contributed by atoms with E-state index in [1.54, 1.807) is 42.2 Å². The number of hydrogen-bond acceptors (Lipinski definition) is 6. The lowest BCUT2D eigenvalue weighted by atomic mass is 10.2. The van der Waals surface area contributed by atoms with Crippen LogP contribution in [0.25, 0.3) is 0 Å². The van der Waals surface area contributed by atoms with Gasteiger partial charge in [-0.15, -0.1) is 0 Å². The zero-order valence-electron chi connectivity index (χ0n) is 14.3. The smallest absolute Gasteiger partial charge is 0.274 e. The van der Waals surface area contributed by atoms with Crippen molar-refractivity contribution in [1.29, 1.82) is 5.26 Å². The predicted octanol–water partition coefficient (Wildman–Crippen LogP) is 1.27. The van der Waals surface area contributed by atoms with Crippen LogP contribution in [-0.4, -0.2) is 52.9 Å². The molecule has 8 nitrogen and oxygen atoms in total. The highest BCUT2D eigenvalue weighted by atomic mass is 16.2. The molecule has 0 atom stereocenters. The number of para-hydroxylation sites is 1. The molecule has 3 rings (SSSR count). The summed E-state index contributed by atoms with van der Waals surface area (Å²) in [5.74, 6) is 0.296. The molecule has 1 aliphatic heterocycles. The Morgan fingerprint density at radius 3 is 2.58 bits per heavy atom. The Morgan fingerprint density at radius 2 is 1.88 bits per heavy atom. The molecule has 0 saturated carbocycles. The van der Waals surface area contributed by atoms with Crippen molar-refractivity contribution in [3.8, 4) is 6.07 Å². The van der Waals surface area contributed by atoms with Crippen LogP contribution >= 0.6 is 0 Å². The number of piperazine rings is 1. The van der Waals surface area contributed by atoms with Crippen LogP contribution in [-0.2, 0) is 4.79 Å². The van der Waals surface area contributed by atoms with Gasteiger partial charge >= 0.3 is 0 Å². The van der Waals surface area contributed by atoms with Gasteiger partial charge in [0, 0.05) is 39.2 Å². The number of hydrogen-bond donors (Lipinski definition) is 1. The van der Waals surface area contributed by atoms with Gasteiger partial charge in [0.25, 0.3) is 5.91 Å². The van der Waals surface area contributed by atoms with Crippen LogP contribution in [0.4, 0.5) is 11.5 Å². The van der Waals surface area contributed by atoms with Gasteiger partial charge in [-0.25, -0.2) is 9.97 Å². The van der Waals surface area contributed by atoms with E-state index in [1.807, 2.05) is 11.0 Å². The van der Waals surface area contributed by atoms with Gasteiger partial charge in [0.15, 0.2) is 0 Å². The minimum absolute atomic E-state index is 0.0589. The van der Waals surface area contributed by atoms with Gasteiger partial charge in [-0.3, -0.25) is 9.59 Å². The van der Waals surface area contributed by atoms with Gasteiger partial charge < -0.3 is 15.1 Å². The summed E-state index contributed by atoms with van der Waals surface area (Å²) in [7, 11) is 0. The standard InChI is InChI=1S/C18H18N6O2/c1-13(25)23-6-8-24(9-7-23)17-10-16(20-12-21-17)18(26)22-15-5-3-2-4-14(15)11-19/h2-5,10,12H,6-9H2,1H3,(H,22,26). The van der Waals surface area contributed by atoms with Crippen LogP contribution in [0, 0.1) is 11.3 Å². The molecule has 0 bridgehead atoms. The second kappa shape index (κ2) is 7.61. The Morgan fingerprint density at radius 1 is 1.15 bits per heavy atom. The van der Waals surface area contributed by atoms with Gasteiger partial charge in [-0.2, -0.15) is 5.26 Å². The molecule has 1 aromatic carbocycles. The molecule has 1 fully saturated rings. The van der Waals surface area contributed by atoms with E-state index in [9.17, 15) is 9.59 Å². The number of amides is 2. The van der Waals surface area contributed by atoms with Gasteiger partial charge in [0.2, 0.25) is 5.91 Å². The largest absolute Gasteiger partial charge is 0.353 e. The number of nitriles is 1. The zero-order chi connectivity index (χ0) is 18.5. The molecule has 0 unspecified atom stereocenters. The van der Waals surface area contributed by atoms with Crippen molar-refractivity contribution in [3.63, 3.8) is 0 Å². The number of rotatable bonds is 3. The van der Waals surface area contributed by atoms with E-state index in [1.165, 1.54) is 6.33 Å². The molecule has 0 radical (unpaired) electrons. The lowest BCUT2D eigenvalue weighted by molar-refractivity contribution is -0.129. The van der Waals surface area contributed by atoms with E-state index >= 15 is 0 Å². The summed E-state index contributed by atoms with van der Waals surface area (Å²) in [4.78, 5) is 36.0. The number of benzene rings is 1. The van der Waals surface area contributed by atoms with Gasteiger partial charge in [0.1, 0.15) is 23.9 Å². The van der Waals surface area contributed by atoms with Crippen molar-refractivity contribution in [2.24, 2.45) is 0 Å². The third-order valence-corrected chi connectivity index (χ3v) is 4.23. The van der Waals surface area contributed by atoms with Crippen molar-refractivity contribution in [3.05, 3.63) is 47.9 Å². The van der Waals surface area contributed by atoms with E-state index in [0.29, 0.717) is 43.2 Å². The minimum Gasteiger partial charge on any atom is -0.353 e. The third kappa shape index (κ3) is 3.78. The van der Waals surface area contributed by atoms with Crippen molar-refractivity contribution >= 4 is 23.3 Å². The Balaban J connectivity index is 1.72. The normalized spacial score (nSPS) is 13.8. The summed E-state index contributed by atoms with van der Waals surface area (Å²) in [6, 6.07) is 10.4. The first-order valence-corrected chi connectivity index (χ1v) is 8.21. The Bertz CT molecular complexity index is 868. The van der Waals surface area contributed by atoms with Crippen molar-refractivity contribution in [2.45, 2.75) is 6.92 Å². The topological polar surface area (TPSA) is 102 Å². The van der Waals surface area contributed by atoms with Crippen LogP contribution in [0.5, 0.6) is 0 Å². The Labute approximate surface area is 151 Å². The molecule has 26 heavy (non-hydrogen) atoms. The lowest BCUT2D eigenvalue weighted by Gasteiger charge is -2.34. The molecule has 2 aromatic rings. The van der Waals surface area contributed by atoms with E-state index < -0.39 is 5.91 Å². The zero-order valence-corrected chi connectivity index (χ0v) is 14.3. The number of carbonyl (C=O) groups is 2. The van der Waals surface area contributed by atoms with E-state index in [2.05, 4.69) is 15.3 Å². The molecular formula is C18H18N6O2. The molecule has 1 aliphatic rings. The SMILES string of the molecule is CC(=O)N1CCN(c2cc(C(=O)Nc3ccccc3C#N)ncn2)CC1. The molecule has 8 heteroatoms. The fourth-order valence-corrected chi connectivity index (χ4v) is 2.77. The van der Waals surface area contributed by atoms with Crippen molar-refractivity contribution < 1.29 is 9.59 Å². The maximum Gasteiger partial charge on any atom is 0.274 e. The average molecular weight is 350 g/mol.